The first-order valence-electron chi connectivity index (χ1n) is 12.4. The molecule has 10 nitrogen and oxygen atoms in total. The van der Waals surface area contributed by atoms with E-state index in [4.69, 9.17) is 9.47 Å². The summed E-state index contributed by atoms with van der Waals surface area (Å²) in [5, 5.41) is 73.9. The lowest BCUT2D eigenvalue weighted by Gasteiger charge is -2.60. The van der Waals surface area contributed by atoms with Gasteiger partial charge in [-0.25, -0.2) is 4.79 Å². The molecule has 0 aromatic carbocycles. The third kappa shape index (κ3) is 1.74. The number of aromatic amines is 1. The van der Waals surface area contributed by atoms with Crippen molar-refractivity contribution < 1.29 is 44.9 Å². The number of hydrogen-bond acceptors (Lipinski definition) is 9. The van der Waals surface area contributed by atoms with Gasteiger partial charge in [0.05, 0.1) is 11.5 Å². The lowest BCUT2D eigenvalue weighted by molar-refractivity contribution is -0.390. The van der Waals surface area contributed by atoms with Gasteiger partial charge in [-0.15, -0.1) is 0 Å². The van der Waals surface area contributed by atoms with E-state index >= 15 is 0 Å². The van der Waals surface area contributed by atoms with Gasteiger partial charge in [0.2, 0.25) is 0 Å². The zero-order chi connectivity index (χ0) is 25.8. The summed E-state index contributed by atoms with van der Waals surface area (Å²) in [6, 6.07) is 3.06. The number of ether oxygens (including phenoxy) is 2. The molecular weight excluding hydrogens is 458 g/mol. The molecule has 35 heavy (non-hydrogen) atoms. The Bertz CT molecular complexity index is 1130. The fourth-order valence-corrected chi connectivity index (χ4v) is 9.56. The van der Waals surface area contributed by atoms with E-state index in [2.05, 4.69) is 4.98 Å². The van der Waals surface area contributed by atoms with Crippen LogP contribution in [0.5, 0.6) is 0 Å². The molecule has 1 aromatic rings. The normalized spacial score (nSPS) is 59.8. The van der Waals surface area contributed by atoms with Crippen molar-refractivity contribution in [1.82, 2.24) is 4.98 Å². The molecule has 11 atom stereocenters. The molecule has 4 saturated carbocycles. The zero-order valence-electron chi connectivity index (χ0n) is 20.6. The summed E-state index contributed by atoms with van der Waals surface area (Å²) in [4.78, 5) is 15.9. The van der Waals surface area contributed by atoms with E-state index < -0.39 is 74.6 Å². The third-order valence-corrected chi connectivity index (χ3v) is 11.3. The molecule has 2 saturated heterocycles. The van der Waals surface area contributed by atoms with Gasteiger partial charge in [-0.3, -0.25) is 0 Å². The fourth-order valence-electron chi connectivity index (χ4n) is 9.56. The van der Waals surface area contributed by atoms with Crippen LogP contribution in [0, 0.1) is 22.7 Å². The van der Waals surface area contributed by atoms with Gasteiger partial charge in [-0.1, -0.05) is 27.7 Å². The van der Waals surface area contributed by atoms with Crippen molar-refractivity contribution in [2.24, 2.45) is 22.7 Å². The van der Waals surface area contributed by atoms with Gasteiger partial charge >= 0.3 is 5.97 Å². The molecular formula is C25H35NO9. The van der Waals surface area contributed by atoms with Gasteiger partial charge in [-0.05, 0) is 43.7 Å². The molecule has 2 aliphatic heterocycles. The van der Waals surface area contributed by atoms with E-state index in [0.717, 1.165) is 0 Å². The number of hydrogen-bond donors (Lipinski definition) is 7. The first kappa shape index (κ1) is 23.8. The van der Waals surface area contributed by atoms with Crippen LogP contribution in [0.3, 0.4) is 0 Å². The van der Waals surface area contributed by atoms with E-state index in [1.807, 2.05) is 0 Å². The predicted octanol–water partition coefficient (Wildman–Crippen LogP) is -0.188. The number of esters is 1. The standard InChI is InChI=1S/C25H35NO9/c1-12(2)22(31)17(34-16(28)14-7-6-10-26-14)23(32)18(4)11-21(30)19(22,5)25(23,33)24(35-21)15(27)13(3)8-9-20(18,24)29/h6-7,10,12-13,15,17,26-27,29-33H,8-9,11H2,1-5H3/t13-,15+,17+,18-,19+,20-,21-,22-,23+,24+,25+/m1/s1. The summed E-state index contributed by atoms with van der Waals surface area (Å²) in [7, 11) is 0. The highest BCUT2D eigenvalue weighted by atomic mass is 16.7. The molecule has 6 fully saturated rings. The van der Waals surface area contributed by atoms with Gasteiger partial charge in [0.1, 0.15) is 28.1 Å². The van der Waals surface area contributed by atoms with Crippen LogP contribution in [0.15, 0.2) is 18.3 Å². The van der Waals surface area contributed by atoms with Crippen LogP contribution in [0.1, 0.15) is 64.4 Å². The summed E-state index contributed by atoms with van der Waals surface area (Å²) >= 11 is 0. The maximum Gasteiger partial charge on any atom is 0.355 e. The number of carbonyl (C=O) groups excluding carboxylic acids is 1. The minimum Gasteiger partial charge on any atom is -0.451 e. The quantitative estimate of drug-likeness (QED) is 0.282. The van der Waals surface area contributed by atoms with Crippen LogP contribution in [0.2, 0.25) is 0 Å². The lowest BCUT2D eigenvalue weighted by atomic mass is 9.52. The van der Waals surface area contributed by atoms with Gasteiger partial charge in [-0.2, -0.15) is 0 Å². The number of aliphatic hydroxyl groups excluding tert-OH is 1. The van der Waals surface area contributed by atoms with Crippen LogP contribution in [-0.2, 0) is 9.47 Å². The van der Waals surface area contributed by atoms with Crippen LogP contribution in [-0.4, -0.2) is 87.6 Å². The molecule has 7 rings (SSSR count). The first-order chi connectivity index (χ1) is 16.0. The van der Waals surface area contributed by atoms with Crippen LogP contribution < -0.4 is 0 Å². The Labute approximate surface area is 202 Å². The van der Waals surface area contributed by atoms with Gasteiger partial charge < -0.3 is 45.1 Å². The highest BCUT2D eigenvalue weighted by molar-refractivity contribution is 5.87. The number of carbonyl (C=O) groups is 1. The van der Waals surface area contributed by atoms with Gasteiger partial charge in [0.15, 0.2) is 17.5 Å². The minimum absolute atomic E-state index is 0.0654. The average molecular weight is 494 g/mol. The third-order valence-electron chi connectivity index (χ3n) is 11.3. The molecule has 4 aliphatic carbocycles. The smallest absolute Gasteiger partial charge is 0.355 e. The monoisotopic (exact) mass is 493 g/mol. The molecule has 1 spiro atoms. The van der Waals surface area contributed by atoms with E-state index in [9.17, 15) is 35.4 Å². The maximum atomic E-state index is 13.2. The average Bonchev–Trinajstić information content (AvgIpc) is 3.41. The van der Waals surface area contributed by atoms with Crippen molar-refractivity contribution in [3.05, 3.63) is 24.0 Å². The van der Waals surface area contributed by atoms with E-state index in [1.165, 1.54) is 26.1 Å². The van der Waals surface area contributed by atoms with Crippen molar-refractivity contribution in [1.29, 1.82) is 0 Å². The Morgan fingerprint density at radius 1 is 1.20 bits per heavy atom. The lowest BCUT2D eigenvalue weighted by Crippen LogP contribution is -2.75. The molecule has 10 heteroatoms. The Morgan fingerprint density at radius 2 is 1.86 bits per heavy atom. The number of aliphatic hydroxyl groups is 6. The molecule has 0 radical (unpaired) electrons. The maximum absolute atomic E-state index is 13.2. The van der Waals surface area contributed by atoms with Crippen molar-refractivity contribution in [2.75, 3.05) is 0 Å². The molecule has 0 amide bonds. The summed E-state index contributed by atoms with van der Waals surface area (Å²) in [5.41, 5.74) is -15.2. The van der Waals surface area contributed by atoms with Crippen molar-refractivity contribution in [3.63, 3.8) is 0 Å². The van der Waals surface area contributed by atoms with Crippen LogP contribution in [0.25, 0.3) is 0 Å². The Kier molecular flexibility index (Phi) is 4.06. The van der Waals surface area contributed by atoms with E-state index in [0.29, 0.717) is 6.42 Å². The summed E-state index contributed by atoms with van der Waals surface area (Å²) in [6.07, 6.45) is -1.63. The highest BCUT2D eigenvalue weighted by Gasteiger charge is 3.10. The number of nitrogens with one attached hydrogen (secondary N) is 1. The second kappa shape index (κ2) is 5.96. The van der Waals surface area contributed by atoms with Crippen molar-refractivity contribution in [2.45, 2.75) is 99.9 Å². The van der Waals surface area contributed by atoms with Crippen LogP contribution >= 0.6 is 0 Å². The fraction of sp³-hybridized carbons (Fsp3) is 0.800. The molecule has 0 unspecified atom stereocenters. The molecule has 6 bridgehead atoms. The van der Waals surface area contributed by atoms with Crippen LogP contribution in [0.4, 0.5) is 0 Å². The molecule has 6 aliphatic rings. The molecule has 194 valence electrons. The Balaban J connectivity index is 1.69. The SMILES string of the molecule is CC(C)[C@@]1(O)[C@H](OC(=O)c2ccc[nH]2)[C@]2(O)[C@]3(C)C[C@@]4(O)O[C@]5([C@@H](O)[C@H](C)CC[C@@]35O)[C@]2(O)[C@@]41C. The molecule has 7 N–H and O–H groups in total. The molecule has 3 heterocycles. The molecule has 1 aromatic heterocycles. The van der Waals surface area contributed by atoms with Gasteiger partial charge in [0, 0.05) is 18.0 Å². The van der Waals surface area contributed by atoms with E-state index in [1.54, 1.807) is 26.8 Å². The van der Waals surface area contributed by atoms with Crippen molar-refractivity contribution >= 4 is 5.97 Å². The summed E-state index contributed by atoms with van der Waals surface area (Å²) in [6.45, 7) is 7.91. The highest BCUT2D eigenvalue weighted by Crippen LogP contribution is 2.90. The van der Waals surface area contributed by atoms with E-state index in [-0.39, 0.29) is 18.5 Å². The van der Waals surface area contributed by atoms with Gasteiger partial charge in [0.25, 0.3) is 0 Å². The minimum atomic E-state index is -2.59. The second-order valence-electron chi connectivity index (χ2n) is 12.4. The summed E-state index contributed by atoms with van der Waals surface area (Å²) in [5.74, 6) is -4.34. The Hall–Kier alpha value is -1.53. The number of H-pyrrole nitrogens is 1. The first-order valence-corrected chi connectivity index (χ1v) is 12.4. The van der Waals surface area contributed by atoms with Crippen molar-refractivity contribution in [3.8, 4) is 0 Å². The summed E-state index contributed by atoms with van der Waals surface area (Å²) < 4.78 is 12.1. The number of rotatable bonds is 3. The largest absolute Gasteiger partial charge is 0.451 e. The zero-order valence-corrected chi connectivity index (χ0v) is 20.6. The Morgan fingerprint density at radius 3 is 2.43 bits per heavy atom. The topological polar surface area (TPSA) is 173 Å². The predicted molar refractivity (Wildman–Crippen MR) is 119 cm³/mol. The number of aromatic nitrogens is 1. The second-order valence-corrected chi connectivity index (χ2v) is 12.4.